The van der Waals surface area contributed by atoms with Gasteiger partial charge in [-0.3, -0.25) is 4.90 Å². The first kappa shape index (κ1) is 22.5. The highest BCUT2D eigenvalue weighted by molar-refractivity contribution is 5.73. The molecule has 0 saturated carbocycles. The molecule has 7 nitrogen and oxygen atoms in total. The second-order valence-electron chi connectivity index (χ2n) is 9.88. The molecule has 1 aromatic carbocycles. The Kier molecular flexibility index (Phi) is 5.39. The average Bonchev–Trinajstić information content (AvgIpc) is 3.14. The van der Waals surface area contributed by atoms with E-state index in [1.54, 1.807) is 6.07 Å². The largest absolute Gasteiger partial charge is 0.481 e. The number of rotatable bonds is 4. The monoisotopic (exact) mass is 466 g/mol. The first-order valence-electron chi connectivity index (χ1n) is 11.4. The number of benzene rings is 1. The lowest BCUT2D eigenvalue weighted by molar-refractivity contribution is 0.0967. The molecular formula is C25H28F2N6O. The number of halogens is 2. The summed E-state index contributed by atoms with van der Waals surface area (Å²) in [6.45, 7) is 10.1. The Morgan fingerprint density at radius 1 is 1.09 bits per heavy atom. The Morgan fingerprint density at radius 3 is 2.65 bits per heavy atom. The molecule has 0 atom stereocenters. The number of fused-ring (bicyclic) bond motifs is 2. The third-order valence-electron chi connectivity index (χ3n) is 6.07. The maximum absolute atomic E-state index is 15.2. The molecule has 9 heteroatoms. The van der Waals surface area contributed by atoms with Gasteiger partial charge in [-0.25, -0.2) is 23.7 Å². The summed E-state index contributed by atoms with van der Waals surface area (Å²) in [6.07, 6.45) is 1.09. The van der Waals surface area contributed by atoms with Gasteiger partial charge < -0.3 is 15.0 Å². The first-order chi connectivity index (χ1) is 16.1. The lowest BCUT2D eigenvalue weighted by atomic mass is 10.0. The Bertz CT molecular complexity index is 1260. The second-order valence-corrected chi connectivity index (χ2v) is 9.88. The Labute approximate surface area is 197 Å². The molecule has 0 bridgehead atoms. The molecule has 0 unspecified atom stereocenters. The van der Waals surface area contributed by atoms with Crippen LogP contribution < -0.4 is 15.0 Å². The third-order valence-corrected chi connectivity index (χ3v) is 6.07. The van der Waals surface area contributed by atoms with Gasteiger partial charge in [-0.1, -0.05) is 6.07 Å². The zero-order valence-corrected chi connectivity index (χ0v) is 20.0. The second kappa shape index (κ2) is 8.16. The Hall–Kier alpha value is -3.33. The summed E-state index contributed by atoms with van der Waals surface area (Å²) >= 11 is 0. The average molecular weight is 467 g/mol. The number of aromatic nitrogens is 3. The van der Waals surface area contributed by atoms with E-state index in [1.165, 1.54) is 11.6 Å². The van der Waals surface area contributed by atoms with E-state index >= 15 is 4.39 Å². The van der Waals surface area contributed by atoms with Gasteiger partial charge in [0.25, 0.3) is 0 Å². The molecule has 2 aliphatic heterocycles. The number of nitrogens with zero attached hydrogens (tertiary/aromatic N) is 5. The molecule has 2 aliphatic rings. The SMILES string of the molecule is CC(C)N1CC(C)(C)Oc2c(F)cc(-c3nc(Nc4ccc5c(n4)CN(C)C5)ncc3F)cc21. The van der Waals surface area contributed by atoms with Crippen molar-refractivity contribution in [2.75, 3.05) is 23.8 Å². The van der Waals surface area contributed by atoms with Gasteiger partial charge >= 0.3 is 0 Å². The number of anilines is 3. The van der Waals surface area contributed by atoms with Crippen LogP contribution in [0.4, 0.5) is 26.2 Å². The van der Waals surface area contributed by atoms with Crippen LogP contribution in [-0.2, 0) is 13.1 Å². The van der Waals surface area contributed by atoms with Gasteiger partial charge in [0, 0.05) is 24.7 Å². The van der Waals surface area contributed by atoms with Gasteiger partial charge in [0.05, 0.1) is 24.1 Å². The minimum absolute atomic E-state index is 0.00799. The lowest BCUT2D eigenvalue weighted by Crippen LogP contribution is -2.49. The van der Waals surface area contributed by atoms with E-state index in [1.807, 2.05) is 46.9 Å². The van der Waals surface area contributed by atoms with Crippen molar-refractivity contribution in [2.24, 2.45) is 0 Å². The van der Waals surface area contributed by atoms with Crippen LogP contribution in [-0.4, -0.2) is 45.1 Å². The number of ether oxygens (including phenoxy) is 1. The van der Waals surface area contributed by atoms with Gasteiger partial charge in [0.15, 0.2) is 17.4 Å². The van der Waals surface area contributed by atoms with E-state index in [-0.39, 0.29) is 23.4 Å². The predicted molar refractivity (Wildman–Crippen MR) is 127 cm³/mol. The van der Waals surface area contributed by atoms with Gasteiger partial charge in [0.1, 0.15) is 17.1 Å². The molecule has 0 amide bonds. The topological polar surface area (TPSA) is 66.4 Å². The molecule has 178 valence electrons. The fourth-order valence-electron chi connectivity index (χ4n) is 4.52. The number of hydrogen-bond acceptors (Lipinski definition) is 7. The van der Waals surface area contributed by atoms with Crippen LogP contribution in [0, 0.1) is 11.6 Å². The van der Waals surface area contributed by atoms with Crippen molar-refractivity contribution >= 4 is 17.5 Å². The summed E-state index contributed by atoms with van der Waals surface area (Å²) in [5, 5.41) is 3.05. The van der Waals surface area contributed by atoms with E-state index in [9.17, 15) is 4.39 Å². The smallest absolute Gasteiger partial charge is 0.229 e. The van der Waals surface area contributed by atoms with Crippen molar-refractivity contribution in [2.45, 2.75) is 52.4 Å². The van der Waals surface area contributed by atoms with Crippen molar-refractivity contribution in [1.29, 1.82) is 0 Å². The highest BCUT2D eigenvalue weighted by Crippen LogP contribution is 2.43. The minimum Gasteiger partial charge on any atom is -0.481 e. The van der Waals surface area contributed by atoms with Crippen molar-refractivity contribution in [1.82, 2.24) is 19.9 Å². The minimum atomic E-state index is -0.637. The number of pyridine rings is 1. The molecule has 0 fully saturated rings. The van der Waals surface area contributed by atoms with Gasteiger partial charge in [-0.2, -0.15) is 0 Å². The van der Waals surface area contributed by atoms with Crippen LogP contribution in [0.3, 0.4) is 0 Å². The van der Waals surface area contributed by atoms with E-state index < -0.39 is 17.2 Å². The number of hydrogen-bond donors (Lipinski definition) is 1. The Balaban J connectivity index is 1.50. The van der Waals surface area contributed by atoms with E-state index in [2.05, 4.69) is 30.1 Å². The molecule has 2 aromatic heterocycles. The molecular weight excluding hydrogens is 438 g/mol. The summed E-state index contributed by atoms with van der Waals surface area (Å²) < 4.78 is 35.9. The molecule has 4 heterocycles. The van der Waals surface area contributed by atoms with E-state index in [0.29, 0.717) is 23.6 Å². The molecule has 1 N–H and O–H groups in total. The first-order valence-corrected chi connectivity index (χ1v) is 11.4. The molecule has 3 aromatic rings. The zero-order valence-electron chi connectivity index (χ0n) is 20.0. The molecule has 0 saturated heterocycles. The van der Waals surface area contributed by atoms with Crippen LogP contribution in [0.15, 0.2) is 30.5 Å². The third kappa shape index (κ3) is 4.16. The van der Waals surface area contributed by atoms with Crippen LogP contribution >= 0.6 is 0 Å². The van der Waals surface area contributed by atoms with Crippen molar-refractivity contribution in [3.8, 4) is 17.0 Å². The predicted octanol–water partition coefficient (Wildman–Crippen LogP) is 4.89. The van der Waals surface area contributed by atoms with Gasteiger partial charge in [-0.05, 0) is 58.5 Å². The highest BCUT2D eigenvalue weighted by Gasteiger charge is 2.35. The van der Waals surface area contributed by atoms with Crippen molar-refractivity contribution in [3.63, 3.8) is 0 Å². The van der Waals surface area contributed by atoms with Gasteiger partial charge in [-0.15, -0.1) is 0 Å². The van der Waals surface area contributed by atoms with Crippen LogP contribution in [0.1, 0.15) is 39.0 Å². The van der Waals surface area contributed by atoms with Crippen molar-refractivity contribution in [3.05, 3.63) is 53.4 Å². The molecule has 0 radical (unpaired) electrons. The van der Waals surface area contributed by atoms with Gasteiger partial charge in [0.2, 0.25) is 5.95 Å². The van der Waals surface area contributed by atoms with E-state index in [4.69, 9.17) is 4.74 Å². The van der Waals surface area contributed by atoms with Crippen LogP contribution in [0.5, 0.6) is 5.75 Å². The van der Waals surface area contributed by atoms with Crippen LogP contribution in [0.2, 0.25) is 0 Å². The maximum Gasteiger partial charge on any atom is 0.229 e. The molecule has 5 rings (SSSR count). The molecule has 34 heavy (non-hydrogen) atoms. The summed E-state index contributed by atoms with van der Waals surface area (Å²) in [7, 11) is 2.04. The van der Waals surface area contributed by atoms with Crippen LogP contribution in [0.25, 0.3) is 11.3 Å². The normalized spacial score (nSPS) is 16.9. The fraction of sp³-hybridized carbons (Fsp3) is 0.400. The maximum atomic E-state index is 15.2. The lowest BCUT2D eigenvalue weighted by Gasteiger charge is -2.43. The molecule has 0 spiro atoms. The number of nitrogens with one attached hydrogen (secondary N) is 1. The quantitative estimate of drug-likeness (QED) is 0.587. The Morgan fingerprint density at radius 2 is 1.88 bits per heavy atom. The zero-order chi connectivity index (χ0) is 24.2. The standard InChI is InChI=1S/C25H28F2N6O/c1-14(2)33-13-25(3,4)34-23-17(26)8-16(9-20(23)33)22-18(27)10-28-24(31-22)30-21-7-6-15-11-32(5)12-19(15)29-21/h6-10,14H,11-13H2,1-5H3,(H,28,29,30,31). The molecule has 0 aliphatic carbocycles. The summed E-state index contributed by atoms with van der Waals surface area (Å²) in [5.74, 6) is -0.255. The van der Waals surface area contributed by atoms with E-state index in [0.717, 1.165) is 25.0 Å². The summed E-state index contributed by atoms with van der Waals surface area (Å²) in [4.78, 5) is 17.3. The summed E-state index contributed by atoms with van der Waals surface area (Å²) in [6, 6.07) is 6.96. The summed E-state index contributed by atoms with van der Waals surface area (Å²) in [5.41, 5.74) is 2.53. The highest BCUT2D eigenvalue weighted by atomic mass is 19.1. The fourth-order valence-corrected chi connectivity index (χ4v) is 4.52. The van der Waals surface area contributed by atoms with Crippen molar-refractivity contribution < 1.29 is 13.5 Å².